The molecule has 3 saturated heterocycles. The van der Waals surface area contributed by atoms with Crippen LogP contribution in [0.2, 0.25) is 0 Å². The smallest absolute Gasteiger partial charge is 0.207 e. The van der Waals surface area contributed by atoms with Crippen LogP contribution in [0.5, 0.6) is 0 Å². The summed E-state index contributed by atoms with van der Waals surface area (Å²) in [5.74, 6) is 0. The first-order valence-corrected chi connectivity index (χ1v) is 12.8. The lowest BCUT2D eigenvalue weighted by Gasteiger charge is -2.48. The van der Waals surface area contributed by atoms with Crippen molar-refractivity contribution in [3.8, 4) is 0 Å². The molecular formula is C22H39NO18. The number of ether oxygens (including phenoxy) is 6. The van der Waals surface area contributed by atoms with Crippen LogP contribution in [-0.4, -0.2) is 194 Å². The van der Waals surface area contributed by atoms with Gasteiger partial charge in [0.2, 0.25) is 6.41 Å². The Morgan fingerprint density at radius 1 is 0.610 bits per heavy atom. The van der Waals surface area contributed by atoms with E-state index in [0.717, 1.165) is 0 Å². The van der Waals surface area contributed by atoms with E-state index in [1.54, 1.807) is 0 Å². The minimum atomic E-state index is -1.95. The lowest BCUT2D eigenvalue weighted by Crippen LogP contribution is -2.66. The zero-order valence-electron chi connectivity index (χ0n) is 21.6. The summed E-state index contributed by atoms with van der Waals surface area (Å²) in [4.78, 5) is 10.6. The van der Waals surface area contributed by atoms with E-state index in [1.807, 2.05) is 0 Å². The van der Waals surface area contributed by atoms with E-state index >= 15 is 0 Å². The third kappa shape index (κ3) is 7.66. The SMILES string of the molecule is O=CN[C@H](CO)CO[C@@H]1O[C@H](CO)[C@@H](O[C@@H]2O[C@H](CO)[C@H](O[C@@H]3O[C@H](CO)[C@H](O)[C@H](O)[C@H]3O)[C@H](O)[C@H]2O)[C@H](O)[C@H]1O. The first kappa shape index (κ1) is 34.3. The fourth-order valence-corrected chi connectivity index (χ4v) is 4.64. The van der Waals surface area contributed by atoms with Gasteiger partial charge in [0.15, 0.2) is 18.9 Å². The average molecular weight is 606 g/mol. The lowest BCUT2D eigenvalue weighted by molar-refractivity contribution is -0.379. The van der Waals surface area contributed by atoms with E-state index < -0.39 is 125 Å². The summed E-state index contributed by atoms with van der Waals surface area (Å²) in [7, 11) is 0. The van der Waals surface area contributed by atoms with Gasteiger partial charge in [-0.15, -0.1) is 0 Å². The molecule has 0 unspecified atom stereocenters. The second-order valence-corrected chi connectivity index (χ2v) is 9.81. The van der Waals surface area contributed by atoms with Gasteiger partial charge in [0.25, 0.3) is 0 Å². The fourth-order valence-electron chi connectivity index (χ4n) is 4.64. The highest BCUT2D eigenvalue weighted by Crippen LogP contribution is 2.32. The number of aliphatic hydroxyl groups is 11. The molecule has 3 aliphatic heterocycles. The maximum absolute atomic E-state index is 10.8. The van der Waals surface area contributed by atoms with Crippen molar-refractivity contribution < 1.29 is 89.4 Å². The van der Waals surface area contributed by atoms with Crippen molar-refractivity contribution in [1.29, 1.82) is 0 Å². The Morgan fingerprint density at radius 2 is 1.05 bits per heavy atom. The Balaban J connectivity index is 1.67. The molecule has 0 bridgehead atoms. The summed E-state index contributed by atoms with van der Waals surface area (Å²) in [6.07, 6.45) is -25.0. The van der Waals surface area contributed by atoms with E-state index in [4.69, 9.17) is 28.4 Å². The molecule has 0 aromatic rings. The number of rotatable bonds is 13. The summed E-state index contributed by atoms with van der Waals surface area (Å²) in [5, 5.41) is 113. The van der Waals surface area contributed by atoms with Gasteiger partial charge < -0.3 is 89.9 Å². The molecule has 12 N–H and O–H groups in total. The first-order valence-electron chi connectivity index (χ1n) is 12.8. The van der Waals surface area contributed by atoms with Crippen LogP contribution in [0.3, 0.4) is 0 Å². The molecular weight excluding hydrogens is 566 g/mol. The van der Waals surface area contributed by atoms with Crippen molar-refractivity contribution in [3.63, 3.8) is 0 Å². The van der Waals surface area contributed by atoms with Crippen molar-refractivity contribution in [2.45, 2.75) is 98.2 Å². The standard InChI is InChI=1S/C22H39NO18/c24-1-7(23-6-28)5-36-20-16(34)13(31)18(9(3-26)38-20)41-22-17(35)14(32)19(10(4-27)39-22)40-21-15(33)12(30)11(29)8(2-25)37-21/h6-22,24-27,29-35H,1-5H2,(H,23,28)/t7-,8-,9-,10-,11+,12+,13-,14-,15-,16-,17-,18-,19+,20-,21+,22+/m1/s1. The molecule has 16 atom stereocenters. The number of hydrogen-bond donors (Lipinski definition) is 12. The third-order valence-electron chi connectivity index (χ3n) is 7.06. The van der Waals surface area contributed by atoms with Gasteiger partial charge in [0, 0.05) is 0 Å². The van der Waals surface area contributed by atoms with Gasteiger partial charge >= 0.3 is 0 Å². The largest absolute Gasteiger partial charge is 0.394 e. The molecule has 3 rings (SSSR count). The van der Waals surface area contributed by atoms with Gasteiger partial charge in [-0.3, -0.25) is 4.79 Å². The molecule has 3 heterocycles. The molecule has 0 aromatic heterocycles. The minimum Gasteiger partial charge on any atom is -0.394 e. The molecule has 0 aliphatic carbocycles. The molecule has 0 spiro atoms. The predicted molar refractivity (Wildman–Crippen MR) is 125 cm³/mol. The van der Waals surface area contributed by atoms with E-state index in [0.29, 0.717) is 6.41 Å². The van der Waals surface area contributed by atoms with Gasteiger partial charge in [0.05, 0.1) is 39.1 Å². The molecule has 0 radical (unpaired) electrons. The first-order chi connectivity index (χ1) is 19.5. The van der Waals surface area contributed by atoms with Crippen LogP contribution in [0.4, 0.5) is 0 Å². The highest BCUT2D eigenvalue weighted by molar-refractivity contribution is 5.46. The predicted octanol–water partition coefficient (Wildman–Crippen LogP) is -8.44. The van der Waals surface area contributed by atoms with E-state index in [-0.39, 0.29) is 6.61 Å². The van der Waals surface area contributed by atoms with Gasteiger partial charge in [-0.05, 0) is 0 Å². The monoisotopic (exact) mass is 605 g/mol. The van der Waals surface area contributed by atoms with Crippen LogP contribution in [0.1, 0.15) is 0 Å². The zero-order chi connectivity index (χ0) is 30.4. The number of aliphatic hydroxyl groups excluding tert-OH is 11. The van der Waals surface area contributed by atoms with E-state index in [1.165, 1.54) is 0 Å². The van der Waals surface area contributed by atoms with Crippen molar-refractivity contribution in [2.75, 3.05) is 33.0 Å². The summed E-state index contributed by atoms with van der Waals surface area (Å²) in [6, 6.07) is -0.858. The summed E-state index contributed by atoms with van der Waals surface area (Å²) >= 11 is 0. The maximum Gasteiger partial charge on any atom is 0.207 e. The summed E-state index contributed by atoms with van der Waals surface area (Å²) in [5.41, 5.74) is 0. The van der Waals surface area contributed by atoms with Crippen molar-refractivity contribution in [1.82, 2.24) is 5.32 Å². The maximum atomic E-state index is 10.8. The number of nitrogens with one attached hydrogen (secondary N) is 1. The second kappa shape index (κ2) is 15.5. The van der Waals surface area contributed by atoms with E-state index in [9.17, 15) is 61.0 Å². The number of carbonyl (C=O) groups is 1. The Hall–Kier alpha value is -1.21. The van der Waals surface area contributed by atoms with Crippen LogP contribution in [0.25, 0.3) is 0 Å². The normalized spacial score (nSPS) is 46.2. The number of carbonyl (C=O) groups excluding carboxylic acids is 1. The van der Waals surface area contributed by atoms with Crippen molar-refractivity contribution >= 4 is 6.41 Å². The molecule has 19 nitrogen and oxygen atoms in total. The van der Waals surface area contributed by atoms with Crippen molar-refractivity contribution in [2.24, 2.45) is 0 Å². The molecule has 240 valence electrons. The number of hydrogen-bond acceptors (Lipinski definition) is 18. The van der Waals surface area contributed by atoms with Gasteiger partial charge in [-0.1, -0.05) is 0 Å². The molecule has 1 amide bonds. The third-order valence-corrected chi connectivity index (χ3v) is 7.06. The summed E-state index contributed by atoms with van der Waals surface area (Å²) < 4.78 is 32.5. The van der Waals surface area contributed by atoms with Crippen LogP contribution < -0.4 is 5.32 Å². The Morgan fingerprint density at radius 3 is 1.51 bits per heavy atom. The highest BCUT2D eigenvalue weighted by Gasteiger charge is 2.53. The molecule has 0 aromatic carbocycles. The zero-order valence-corrected chi connectivity index (χ0v) is 21.6. The van der Waals surface area contributed by atoms with Crippen molar-refractivity contribution in [3.05, 3.63) is 0 Å². The van der Waals surface area contributed by atoms with Gasteiger partial charge in [-0.2, -0.15) is 0 Å². The Labute approximate surface area is 233 Å². The summed E-state index contributed by atoms with van der Waals surface area (Å²) in [6.45, 7) is -3.24. The molecule has 3 aliphatic rings. The van der Waals surface area contributed by atoms with Crippen LogP contribution in [-0.2, 0) is 33.2 Å². The average Bonchev–Trinajstić information content (AvgIpc) is 2.97. The van der Waals surface area contributed by atoms with Crippen LogP contribution in [0.15, 0.2) is 0 Å². The topological polar surface area (TPSA) is 307 Å². The highest BCUT2D eigenvalue weighted by atomic mass is 16.8. The Kier molecular flexibility index (Phi) is 13.0. The molecule has 0 saturated carbocycles. The quantitative estimate of drug-likeness (QED) is 0.0867. The molecule has 41 heavy (non-hydrogen) atoms. The second-order valence-electron chi connectivity index (χ2n) is 9.81. The fraction of sp³-hybridized carbons (Fsp3) is 0.955. The lowest BCUT2D eigenvalue weighted by atomic mass is 9.96. The molecule has 3 fully saturated rings. The van der Waals surface area contributed by atoms with Crippen LogP contribution in [0, 0.1) is 0 Å². The van der Waals surface area contributed by atoms with Gasteiger partial charge in [-0.25, -0.2) is 0 Å². The van der Waals surface area contributed by atoms with E-state index in [2.05, 4.69) is 5.32 Å². The van der Waals surface area contributed by atoms with Gasteiger partial charge in [0.1, 0.15) is 73.2 Å². The van der Waals surface area contributed by atoms with Crippen LogP contribution >= 0.6 is 0 Å². The Bertz CT molecular complexity index is 792. The molecule has 19 heteroatoms. The number of amides is 1. The minimum absolute atomic E-state index is 0.320.